The number of rotatable bonds is 5. The second kappa shape index (κ2) is 5.58. The molecule has 0 unspecified atom stereocenters. The number of Topliss-reactive ketones (excluding diaryl/α,β-unsaturated/α-hetero) is 1. The van der Waals surface area contributed by atoms with E-state index in [4.69, 9.17) is 5.14 Å². The number of primary sulfonamides is 1. The van der Waals surface area contributed by atoms with Crippen molar-refractivity contribution in [3.8, 4) is 0 Å². The van der Waals surface area contributed by atoms with Crippen LogP contribution in [0.2, 0.25) is 0 Å². The Balaban J connectivity index is 2.84. The molecule has 4 nitrogen and oxygen atoms in total. The van der Waals surface area contributed by atoms with Crippen LogP contribution < -0.4 is 5.14 Å². The number of aryl methyl sites for hydroxylation is 1. The monoisotopic (exact) mass is 273 g/mol. The van der Waals surface area contributed by atoms with Crippen LogP contribution in [-0.2, 0) is 21.2 Å². The molecule has 1 aromatic carbocycles. The van der Waals surface area contributed by atoms with Crippen LogP contribution in [-0.4, -0.2) is 14.2 Å². The van der Waals surface area contributed by atoms with E-state index in [0.717, 1.165) is 6.07 Å². The highest BCUT2D eigenvalue weighted by Gasteiger charge is 2.13. The maximum Gasteiger partial charge on any atom is 0.238 e. The molecule has 0 fully saturated rings. The second-order valence-electron chi connectivity index (χ2n) is 4.42. The lowest BCUT2D eigenvalue weighted by Gasteiger charge is -2.06. The van der Waals surface area contributed by atoms with E-state index in [1.165, 1.54) is 12.1 Å². The van der Waals surface area contributed by atoms with Crippen LogP contribution in [0.4, 0.5) is 4.39 Å². The third-order valence-corrected chi connectivity index (χ3v) is 3.55. The van der Waals surface area contributed by atoms with E-state index in [1.807, 2.05) is 0 Å². The van der Waals surface area contributed by atoms with E-state index in [2.05, 4.69) is 0 Å². The molecule has 0 amide bonds. The van der Waals surface area contributed by atoms with Gasteiger partial charge in [0.2, 0.25) is 10.0 Å². The van der Waals surface area contributed by atoms with Crippen LogP contribution in [0, 0.1) is 11.7 Å². The van der Waals surface area contributed by atoms with Gasteiger partial charge < -0.3 is 0 Å². The van der Waals surface area contributed by atoms with Gasteiger partial charge in [-0.25, -0.2) is 17.9 Å². The van der Waals surface area contributed by atoms with Crippen molar-refractivity contribution in [2.24, 2.45) is 11.1 Å². The number of sulfonamides is 1. The van der Waals surface area contributed by atoms with Crippen molar-refractivity contribution < 1.29 is 17.6 Å². The third kappa shape index (κ3) is 3.89. The molecule has 1 aromatic rings. The first-order valence-corrected chi connectivity index (χ1v) is 7.10. The standard InChI is InChI=1S/C12H16FNO3S/c1-8(2)12(15)6-4-9-3-5-10(7-11(9)13)18(14,16)17/h3,5,7-8H,4,6H2,1-2H3,(H2,14,16,17). The van der Waals surface area contributed by atoms with Crippen LogP contribution in [0.5, 0.6) is 0 Å². The zero-order valence-electron chi connectivity index (χ0n) is 10.3. The molecule has 0 aliphatic carbocycles. The molecule has 0 aromatic heterocycles. The highest BCUT2D eigenvalue weighted by molar-refractivity contribution is 7.89. The molecule has 0 radical (unpaired) electrons. The van der Waals surface area contributed by atoms with Crippen LogP contribution in [0.1, 0.15) is 25.8 Å². The predicted molar refractivity (Wildman–Crippen MR) is 65.9 cm³/mol. The molecule has 0 heterocycles. The van der Waals surface area contributed by atoms with Crippen molar-refractivity contribution >= 4 is 15.8 Å². The molecule has 0 saturated carbocycles. The number of hydrogen-bond acceptors (Lipinski definition) is 3. The highest BCUT2D eigenvalue weighted by atomic mass is 32.2. The van der Waals surface area contributed by atoms with Gasteiger partial charge in [-0.1, -0.05) is 19.9 Å². The zero-order chi connectivity index (χ0) is 13.9. The summed E-state index contributed by atoms with van der Waals surface area (Å²) in [7, 11) is -3.89. The van der Waals surface area contributed by atoms with Gasteiger partial charge in [0.25, 0.3) is 0 Å². The first-order chi connectivity index (χ1) is 8.21. The topological polar surface area (TPSA) is 77.2 Å². The molecule has 6 heteroatoms. The van der Waals surface area contributed by atoms with Gasteiger partial charge in [0.1, 0.15) is 11.6 Å². The largest absolute Gasteiger partial charge is 0.299 e. The summed E-state index contributed by atoms with van der Waals surface area (Å²) < 4.78 is 35.6. The van der Waals surface area contributed by atoms with Crippen molar-refractivity contribution in [1.82, 2.24) is 0 Å². The molecule has 0 atom stereocenters. The van der Waals surface area contributed by atoms with Gasteiger partial charge >= 0.3 is 0 Å². The van der Waals surface area contributed by atoms with Gasteiger partial charge in [-0.3, -0.25) is 4.79 Å². The van der Waals surface area contributed by atoms with Crippen LogP contribution >= 0.6 is 0 Å². The maximum atomic E-state index is 13.6. The number of halogens is 1. The number of nitrogens with two attached hydrogens (primary N) is 1. The van der Waals surface area contributed by atoms with Crippen molar-refractivity contribution in [1.29, 1.82) is 0 Å². The Morgan fingerprint density at radius 1 is 1.39 bits per heavy atom. The molecule has 0 spiro atoms. The molecule has 18 heavy (non-hydrogen) atoms. The van der Waals surface area contributed by atoms with Gasteiger partial charge in [0.05, 0.1) is 4.90 Å². The number of carbonyl (C=O) groups is 1. The lowest BCUT2D eigenvalue weighted by atomic mass is 10.0. The van der Waals surface area contributed by atoms with Crippen molar-refractivity contribution in [2.75, 3.05) is 0 Å². The lowest BCUT2D eigenvalue weighted by molar-refractivity contribution is -0.121. The van der Waals surface area contributed by atoms with Gasteiger partial charge in [0, 0.05) is 12.3 Å². The second-order valence-corrected chi connectivity index (χ2v) is 5.98. The molecule has 100 valence electrons. The van der Waals surface area contributed by atoms with Gasteiger partial charge in [0.15, 0.2) is 0 Å². The number of hydrogen-bond donors (Lipinski definition) is 1. The van der Waals surface area contributed by atoms with Crippen molar-refractivity contribution in [3.05, 3.63) is 29.6 Å². The first kappa shape index (κ1) is 14.8. The van der Waals surface area contributed by atoms with Gasteiger partial charge in [-0.05, 0) is 24.1 Å². The highest BCUT2D eigenvalue weighted by Crippen LogP contribution is 2.16. The van der Waals surface area contributed by atoms with Crippen LogP contribution in [0.25, 0.3) is 0 Å². The minimum Gasteiger partial charge on any atom is -0.299 e. The third-order valence-electron chi connectivity index (χ3n) is 2.64. The predicted octanol–water partition coefficient (Wildman–Crippen LogP) is 1.63. The molecular formula is C12H16FNO3S. The summed E-state index contributed by atoms with van der Waals surface area (Å²) in [6.07, 6.45) is 0.497. The first-order valence-electron chi connectivity index (χ1n) is 5.55. The average molecular weight is 273 g/mol. The lowest BCUT2D eigenvalue weighted by Crippen LogP contribution is -2.13. The summed E-state index contributed by atoms with van der Waals surface area (Å²) in [5.41, 5.74) is 0.316. The molecular weight excluding hydrogens is 257 g/mol. The average Bonchev–Trinajstić information content (AvgIpc) is 2.25. The maximum absolute atomic E-state index is 13.6. The van der Waals surface area contributed by atoms with Crippen LogP contribution in [0.3, 0.4) is 0 Å². The van der Waals surface area contributed by atoms with Crippen molar-refractivity contribution in [2.45, 2.75) is 31.6 Å². The van der Waals surface area contributed by atoms with E-state index in [-0.39, 0.29) is 29.4 Å². The molecule has 0 aliphatic heterocycles. The van der Waals surface area contributed by atoms with Gasteiger partial charge in [-0.2, -0.15) is 0 Å². The summed E-state index contributed by atoms with van der Waals surface area (Å²) in [6.45, 7) is 3.56. The van der Waals surface area contributed by atoms with Crippen LogP contribution in [0.15, 0.2) is 23.1 Å². The summed E-state index contributed by atoms with van der Waals surface area (Å²) in [5.74, 6) is -0.695. The number of ketones is 1. The normalized spacial score (nSPS) is 11.8. The number of carbonyl (C=O) groups excluding carboxylic acids is 1. The minimum absolute atomic E-state index is 0.0462. The Morgan fingerprint density at radius 3 is 2.44 bits per heavy atom. The fourth-order valence-corrected chi connectivity index (χ4v) is 1.98. The van der Waals surface area contributed by atoms with E-state index < -0.39 is 15.8 Å². The molecule has 0 aliphatic rings. The molecule has 1 rings (SSSR count). The zero-order valence-corrected chi connectivity index (χ0v) is 11.1. The Hall–Kier alpha value is -1.27. The minimum atomic E-state index is -3.89. The summed E-state index contributed by atoms with van der Waals surface area (Å²) >= 11 is 0. The molecule has 0 bridgehead atoms. The quantitative estimate of drug-likeness (QED) is 0.885. The fraction of sp³-hybridized carbons (Fsp3) is 0.417. The van der Waals surface area contributed by atoms with E-state index >= 15 is 0 Å². The van der Waals surface area contributed by atoms with E-state index in [0.29, 0.717) is 5.56 Å². The van der Waals surface area contributed by atoms with Crippen molar-refractivity contribution in [3.63, 3.8) is 0 Å². The summed E-state index contributed by atoms with van der Waals surface area (Å²) in [4.78, 5) is 11.2. The Bertz CT molecular complexity index is 552. The summed E-state index contributed by atoms with van der Waals surface area (Å²) in [5, 5.41) is 4.89. The van der Waals surface area contributed by atoms with E-state index in [9.17, 15) is 17.6 Å². The van der Waals surface area contributed by atoms with E-state index in [1.54, 1.807) is 13.8 Å². The van der Waals surface area contributed by atoms with Gasteiger partial charge in [-0.15, -0.1) is 0 Å². The smallest absolute Gasteiger partial charge is 0.238 e. The Labute approximate surface area is 106 Å². The molecule has 0 saturated heterocycles. The SMILES string of the molecule is CC(C)C(=O)CCc1ccc(S(N)(=O)=O)cc1F. The number of benzene rings is 1. The fourth-order valence-electron chi connectivity index (χ4n) is 1.45. The molecule has 2 N–H and O–H groups in total. The Kier molecular flexibility index (Phi) is 4.59. The summed E-state index contributed by atoms with van der Waals surface area (Å²) in [6, 6.07) is 3.47. The Morgan fingerprint density at radius 2 is 2.00 bits per heavy atom.